The molecule has 1 aromatic heterocycles. The van der Waals surface area contributed by atoms with Crippen LogP contribution in [0.2, 0.25) is 5.15 Å². The van der Waals surface area contributed by atoms with Gasteiger partial charge in [-0.3, -0.25) is 0 Å². The number of aryl methyl sites for hydroxylation is 1. The molecule has 20 heavy (non-hydrogen) atoms. The number of aromatic nitrogens is 2. The molecule has 1 aromatic carbocycles. The van der Waals surface area contributed by atoms with Crippen molar-refractivity contribution in [2.45, 2.75) is 40.0 Å². The zero-order chi connectivity index (χ0) is 15.1. The Morgan fingerprint density at radius 2 is 1.75 bits per heavy atom. The molecule has 0 saturated carbocycles. The van der Waals surface area contributed by atoms with Gasteiger partial charge in [0.15, 0.2) is 0 Å². The average Bonchev–Trinajstić information content (AvgIpc) is 2.34. The van der Waals surface area contributed by atoms with Crippen LogP contribution in [0.5, 0.6) is 0 Å². The lowest BCUT2D eigenvalue weighted by molar-refractivity contribution is 0.545. The normalized spacial score (nSPS) is 11.8. The second-order valence-electron chi connectivity index (χ2n) is 6.03. The minimum atomic E-state index is -0.242. The van der Waals surface area contributed by atoms with E-state index in [2.05, 4.69) is 9.97 Å². The van der Waals surface area contributed by atoms with Crippen LogP contribution in [-0.2, 0) is 5.41 Å². The van der Waals surface area contributed by atoms with Gasteiger partial charge in [-0.15, -0.1) is 0 Å². The molecule has 0 saturated heterocycles. The highest BCUT2D eigenvalue weighted by atomic mass is 35.5. The van der Waals surface area contributed by atoms with Crippen LogP contribution in [0.3, 0.4) is 0 Å². The molecule has 0 radical (unpaired) electrons. The minimum absolute atomic E-state index is 0.213. The third kappa shape index (κ3) is 2.83. The summed E-state index contributed by atoms with van der Waals surface area (Å²) < 4.78 is 13.8. The Morgan fingerprint density at radius 3 is 2.30 bits per heavy atom. The SMILES string of the molecule is Cc1ccc(-c2nc(C(C)(C)C)nc(Cl)c2C)cc1F. The van der Waals surface area contributed by atoms with Crippen LogP contribution in [0.15, 0.2) is 18.2 Å². The maximum atomic E-state index is 13.8. The monoisotopic (exact) mass is 292 g/mol. The molecule has 0 aliphatic carbocycles. The van der Waals surface area contributed by atoms with Gasteiger partial charge in [0, 0.05) is 16.5 Å². The van der Waals surface area contributed by atoms with E-state index >= 15 is 0 Å². The maximum absolute atomic E-state index is 13.8. The molecule has 0 spiro atoms. The summed E-state index contributed by atoms with van der Waals surface area (Å²) in [4.78, 5) is 8.91. The highest BCUT2D eigenvalue weighted by molar-refractivity contribution is 6.30. The molecular weight excluding hydrogens is 275 g/mol. The third-order valence-corrected chi connectivity index (χ3v) is 3.57. The zero-order valence-electron chi connectivity index (χ0n) is 12.4. The van der Waals surface area contributed by atoms with Crippen molar-refractivity contribution >= 4 is 11.6 Å². The van der Waals surface area contributed by atoms with Gasteiger partial charge in [0.2, 0.25) is 0 Å². The molecule has 0 fully saturated rings. The van der Waals surface area contributed by atoms with E-state index in [4.69, 9.17) is 11.6 Å². The quantitative estimate of drug-likeness (QED) is 0.702. The van der Waals surface area contributed by atoms with Crippen molar-refractivity contribution in [2.75, 3.05) is 0 Å². The van der Waals surface area contributed by atoms with E-state index in [1.54, 1.807) is 13.0 Å². The lowest BCUT2D eigenvalue weighted by atomic mass is 9.95. The first-order valence-electron chi connectivity index (χ1n) is 6.51. The molecule has 0 bridgehead atoms. The number of hydrogen-bond donors (Lipinski definition) is 0. The first-order valence-corrected chi connectivity index (χ1v) is 6.89. The van der Waals surface area contributed by atoms with Crippen LogP contribution in [0, 0.1) is 19.7 Å². The van der Waals surface area contributed by atoms with Gasteiger partial charge in [0.05, 0.1) is 5.69 Å². The fraction of sp³-hybridized carbons (Fsp3) is 0.375. The topological polar surface area (TPSA) is 25.8 Å². The fourth-order valence-electron chi connectivity index (χ4n) is 1.85. The molecular formula is C16H18ClFN2. The second-order valence-corrected chi connectivity index (χ2v) is 6.38. The Labute approximate surface area is 124 Å². The van der Waals surface area contributed by atoms with E-state index < -0.39 is 0 Å². The smallest absolute Gasteiger partial charge is 0.136 e. The summed E-state index contributed by atoms with van der Waals surface area (Å²) in [5, 5.41) is 0.418. The second kappa shape index (κ2) is 5.13. The van der Waals surface area contributed by atoms with Gasteiger partial charge >= 0.3 is 0 Å². The Kier molecular flexibility index (Phi) is 3.83. The van der Waals surface area contributed by atoms with Crippen LogP contribution < -0.4 is 0 Å². The molecule has 4 heteroatoms. The molecule has 0 aliphatic rings. The van der Waals surface area contributed by atoms with Crippen molar-refractivity contribution < 1.29 is 4.39 Å². The van der Waals surface area contributed by atoms with Crippen molar-refractivity contribution in [3.05, 3.63) is 46.1 Å². The summed E-state index contributed by atoms with van der Waals surface area (Å²) >= 11 is 6.20. The van der Waals surface area contributed by atoms with Crippen LogP contribution in [0.1, 0.15) is 37.7 Å². The number of hydrogen-bond acceptors (Lipinski definition) is 2. The van der Waals surface area contributed by atoms with E-state index in [9.17, 15) is 4.39 Å². The molecule has 2 aromatic rings. The number of rotatable bonds is 1. The Morgan fingerprint density at radius 1 is 1.10 bits per heavy atom. The van der Waals surface area contributed by atoms with Gasteiger partial charge in [-0.05, 0) is 25.5 Å². The molecule has 2 rings (SSSR count). The van der Waals surface area contributed by atoms with Crippen molar-refractivity contribution in [3.8, 4) is 11.3 Å². The molecule has 0 amide bonds. The predicted molar refractivity (Wildman–Crippen MR) is 80.6 cm³/mol. The molecule has 0 N–H and O–H groups in total. The Hall–Kier alpha value is -1.48. The summed E-state index contributed by atoms with van der Waals surface area (Å²) in [5.41, 5.74) is 2.58. The van der Waals surface area contributed by atoms with Gasteiger partial charge in [-0.2, -0.15) is 0 Å². The highest BCUT2D eigenvalue weighted by Gasteiger charge is 2.21. The summed E-state index contributed by atoms with van der Waals surface area (Å²) in [6.07, 6.45) is 0. The predicted octanol–water partition coefficient (Wildman–Crippen LogP) is 4.85. The highest BCUT2D eigenvalue weighted by Crippen LogP contribution is 2.30. The Balaban J connectivity index is 2.66. The molecule has 2 nitrogen and oxygen atoms in total. The van der Waals surface area contributed by atoms with Crippen LogP contribution >= 0.6 is 11.6 Å². The molecule has 1 heterocycles. The van der Waals surface area contributed by atoms with E-state index in [1.807, 2.05) is 33.8 Å². The summed E-state index contributed by atoms with van der Waals surface area (Å²) in [6, 6.07) is 5.10. The van der Waals surface area contributed by atoms with Crippen LogP contribution in [0.25, 0.3) is 11.3 Å². The first-order chi connectivity index (χ1) is 9.20. The molecule has 106 valence electrons. The van der Waals surface area contributed by atoms with Gasteiger partial charge in [-0.1, -0.05) is 44.5 Å². The summed E-state index contributed by atoms with van der Waals surface area (Å²) in [5.74, 6) is 0.415. The van der Waals surface area contributed by atoms with Crippen molar-refractivity contribution in [3.63, 3.8) is 0 Å². The summed E-state index contributed by atoms with van der Waals surface area (Å²) in [7, 11) is 0. The van der Waals surface area contributed by atoms with Crippen molar-refractivity contribution in [1.29, 1.82) is 0 Å². The number of halogens is 2. The van der Waals surface area contributed by atoms with E-state index in [0.717, 1.165) is 11.1 Å². The van der Waals surface area contributed by atoms with Gasteiger partial charge in [0.25, 0.3) is 0 Å². The van der Waals surface area contributed by atoms with E-state index in [0.29, 0.717) is 22.2 Å². The molecule has 0 atom stereocenters. The fourth-order valence-corrected chi connectivity index (χ4v) is 2.02. The molecule has 0 unspecified atom stereocenters. The average molecular weight is 293 g/mol. The van der Waals surface area contributed by atoms with Crippen molar-refractivity contribution in [2.24, 2.45) is 0 Å². The number of benzene rings is 1. The van der Waals surface area contributed by atoms with Crippen molar-refractivity contribution in [1.82, 2.24) is 9.97 Å². The van der Waals surface area contributed by atoms with E-state index in [1.165, 1.54) is 6.07 Å². The maximum Gasteiger partial charge on any atom is 0.136 e. The Bertz CT molecular complexity index is 660. The first kappa shape index (κ1) is 14.9. The summed E-state index contributed by atoms with van der Waals surface area (Å²) in [6.45, 7) is 9.65. The van der Waals surface area contributed by atoms with Gasteiger partial charge in [-0.25, -0.2) is 14.4 Å². The standard InChI is InChI=1S/C16H18ClFN2/c1-9-6-7-11(8-12(9)18)13-10(2)14(17)20-15(19-13)16(3,4)5/h6-8H,1-5H3. The van der Waals surface area contributed by atoms with Gasteiger partial charge < -0.3 is 0 Å². The van der Waals surface area contributed by atoms with Gasteiger partial charge in [0.1, 0.15) is 16.8 Å². The van der Waals surface area contributed by atoms with Crippen LogP contribution in [-0.4, -0.2) is 9.97 Å². The zero-order valence-corrected chi connectivity index (χ0v) is 13.1. The van der Waals surface area contributed by atoms with E-state index in [-0.39, 0.29) is 11.2 Å². The van der Waals surface area contributed by atoms with Crippen LogP contribution in [0.4, 0.5) is 4.39 Å². The third-order valence-electron chi connectivity index (χ3n) is 3.20. The minimum Gasteiger partial charge on any atom is -0.232 e. The lowest BCUT2D eigenvalue weighted by Gasteiger charge is -2.19. The molecule has 0 aliphatic heterocycles. The number of nitrogens with zero attached hydrogens (tertiary/aromatic N) is 2. The largest absolute Gasteiger partial charge is 0.232 e. The lowest BCUT2D eigenvalue weighted by Crippen LogP contribution is -2.17.